The molecule has 1 atom stereocenters. The van der Waals surface area contributed by atoms with Crippen LogP contribution < -0.4 is 0 Å². The van der Waals surface area contributed by atoms with E-state index in [-0.39, 0.29) is 6.61 Å². The fraction of sp³-hybridized carbons (Fsp3) is 0.450. The maximum atomic E-state index is 9.49. The zero-order valence-electron chi connectivity index (χ0n) is 15.2. The predicted octanol–water partition coefficient (Wildman–Crippen LogP) is 2.53. The molecule has 0 unspecified atom stereocenters. The zero-order valence-corrected chi connectivity index (χ0v) is 15.2. The van der Waals surface area contributed by atoms with Gasteiger partial charge in [0.05, 0.1) is 24.1 Å². The molecule has 1 aliphatic heterocycles. The first-order valence-electron chi connectivity index (χ1n) is 9.27. The number of nitrogens with zero attached hydrogens (tertiary/aromatic N) is 3. The maximum Gasteiger partial charge on any atom is 0.121 e. The van der Waals surface area contributed by atoms with Crippen molar-refractivity contribution in [2.75, 3.05) is 26.2 Å². The molecule has 0 bridgehead atoms. The number of imidazole rings is 1. The summed E-state index contributed by atoms with van der Waals surface area (Å²) in [6.45, 7) is 6.67. The monoisotopic (exact) mass is 354 g/mol. The lowest BCUT2D eigenvalue weighted by molar-refractivity contribution is 0.0444. The Morgan fingerprint density at radius 2 is 2.08 bits per heavy atom. The SMILES string of the molecule is Cc1ccc(CN2CCN(Cc3nc4ccccc4[nH]3)C[C@H]2CCO)o1. The van der Waals surface area contributed by atoms with Gasteiger partial charge in [0.1, 0.15) is 17.3 Å². The smallest absolute Gasteiger partial charge is 0.121 e. The number of nitrogens with one attached hydrogen (secondary N) is 1. The van der Waals surface area contributed by atoms with E-state index in [0.717, 1.165) is 67.5 Å². The first-order chi connectivity index (χ1) is 12.7. The molecule has 2 N–H and O–H groups in total. The van der Waals surface area contributed by atoms with Crippen LogP contribution >= 0.6 is 0 Å². The van der Waals surface area contributed by atoms with Gasteiger partial charge in [-0.05, 0) is 37.6 Å². The Kier molecular flexibility index (Phi) is 5.06. The molecule has 138 valence electrons. The molecule has 6 heteroatoms. The second-order valence-corrected chi connectivity index (χ2v) is 7.08. The molecular formula is C20H26N4O2. The number of para-hydroxylation sites is 2. The summed E-state index contributed by atoms with van der Waals surface area (Å²) in [6, 6.07) is 12.5. The lowest BCUT2D eigenvalue weighted by atomic mass is 10.1. The Bertz CT molecular complexity index is 823. The van der Waals surface area contributed by atoms with E-state index in [9.17, 15) is 5.11 Å². The second kappa shape index (κ2) is 7.61. The van der Waals surface area contributed by atoms with E-state index in [1.54, 1.807) is 0 Å². The number of aromatic amines is 1. The summed E-state index contributed by atoms with van der Waals surface area (Å²) in [4.78, 5) is 12.9. The molecular weight excluding hydrogens is 328 g/mol. The van der Waals surface area contributed by atoms with Crippen LogP contribution in [0.4, 0.5) is 0 Å². The highest BCUT2D eigenvalue weighted by atomic mass is 16.3. The fourth-order valence-electron chi connectivity index (χ4n) is 3.79. The number of hydrogen-bond acceptors (Lipinski definition) is 5. The summed E-state index contributed by atoms with van der Waals surface area (Å²) < 4.78 is 5.74. The minimum atomic E-state index is 0.205. The summed E-state index contributed by atoms with van der Waals surface area (Å²) in [5.74, 6) is 2.95. The summed E-state index contributed by atoms with van der Waals surface area (Å²) in [6.07, 6.45) is 0.774. The van der Waals surface area contributed by atoms with Gasteiger partial charge in [-0.2, -0.15) is 0 Å². The standard InChI is InChI=1S/C20H26N4O2/c1-15-6-7-17(26-15)13-24-10-9-23(12-16(24)8-11-25)14-20-21-18-4-2-3-5-19(18)22-20/h2-7,16,25H,8-14H2,1H3,(H,21,22)/t16-/m1/s1. The number of hydrogen-bond donors (Lipinski definition) is 2. The van der Waals surface area contributed by atoms with Crippen LogP contribution in [0, 0.1) is 6.92 Å². The van der Waals surface area contributed by atoms with Gasteiger partial charge in [-0.3, -0.25) is 9.80 Å². The normalized spacial score (nSPS) is 19.4. The number of aliphatic hydroxyl groups is 1. The summed E-state index contributed by atoms with van der Waals surface area (Å²) in [5, 5.41) is 9.49. The van der Waals surface area contributed by atoms with E-state index in [0.29, 0.717) is 6.04 Å². The average Bonchev–Trinajstić information content (AvgIpc) is 3.22. The molecule has 1 saturated heterocycles. The van der Waals surface area contributed by atoms with Gasteiger partial charge in [-0.25, -0.2) is 4.98 Å². The van der Waals surface area contributed by atoms with Crippen molar-refractivity contribution in [2.45, 2.75) is 32.5 Å². The van der Waals surface area contributed by atoms with Crippen LogP contribution in [-0.2, 0) is 13.1 Å². The second-order valence-electron chi connectivity index (χ2n) is 7.08. The number of aryl methyl sites for hydroxylation is 1. The minimum absolute atomic E-state index is 0.205. The van der Waals surface area contributed by atoms with Crippen LogP contribution in [0.2, 0.25) is 0 Å². The van der Waals surface area contributed by atoms with Gasteiger partial charge >= 0.3 is 0 Å². The van der Waals surface area contributed by atoms with Crippen molar-refractivity contribution in [3.05, 3.63) is 53.7 Å². The van der Waals surface area contributed by atoms with Gasteiger partial charge in [0.15, 0.2) is 0 Å². The third kappa shape index (κ3) is 3.82. The van der Waals surface area contributed by atoms with Crippen LogP contribution in [0.3, 0.4) is 0 Å². The molecule has 0 saturated carbocycles. The zero-order chi connectivity index (χ0) is 17.9. The number of benzene rings is 1. The Labute approximate surface area is 153 Å². The van der Waals surface area contributed by atoms with Crippen molar-refractivity contribution in [1.29, 1.82) is 0 Å². The molecule has 1 aliphatic rings. The Hall–Kier alpha value is -2.15. The number of fused-ring (bicyclic) bond motifs is 1. The molecule has 4 rings (SSSR count). The molecule has 1 aromatic carbocycles. The number of aromatic nitrogens is 2. The number of furan rings is 1. The lowest BCUT2D eigenvalue weighted by Gasteiger charge is -2.40. The van der Waals surface area contributed by atoms with Crippen molar-refractivity contribution in [3.63, 3.8) is 0 Å². The van der Waals surface area contributed by atoms with Crippen molar-refractivity contribution >= 4 is 11.0 Å². The third-order valence-electron chi connectivity index (χ3n) is 5.12. The van der Waals surface area contributed by atoms with E-state index < -0.39 is 0 Å². The molecule has 0 spiro atoms. The van der Waals surface area contributed by atoms with Gasteiger partial charge in [0, 0.05) is 32.3 Å². The van der Waals surface area contributed by atoms with Crippen molar-refractivity contribution < 1.29 is 9.52 Å². The van der Waals surface area contributed by atoms with Gasteiger partial charge < -0.3 is 14.5 Å². The van der Waals surface area contributed by atoms with Crippen LogP contribution in [0.5, 0.6) is 0 Å². The molecule has 0 aliphatic carbocycles. The largest absolute Gasteiger partial charge is 0.465 e. The minimum Gasteiger partial charge on any atom is -0.465 e. The molecule has 2 aromatic heterocycles. The van der Waals surface area contributed by atoms with E-state index >= 15 is 0 Å². The summed E-state index contributed by atoms with van der Waals surface area (Å²) >= 11 is 0. The van der Waals surface area contributed by atoms with Crippen molar-refractivity contribution in [1.82, 2.24) is 19.8 Å². The summed E-state index contributed by atoms with van der Waals surface area (Å²) in [7, 11) is 0. The van der Waals surface area contributed by atoms with E-state index in [1.165, 1.54) is 0 Å². The predicted molar refractivity (Wildman–Crippen MR) is 101 cm³/mol. The van der Waals surface area contributed by atoms with Crippen LogP contribution in [0.25, 0.3) is 11.0 Å². The number of piperazine rings is 1. The van der Waals surface area contributed by atoms with Crippen molar-refractivity contribution in [3.8, 4) is 0 Å². The first-order valence-corrected chi connectivity index (χ1v) is 9.27. The van der Waals surface area contributed by atoms with Gasteiger partial charge in [0.25, 0.3) is 0 Å². The fourth-order valence-corrected chi connectivity index (χ4v) is 3.79. The van der Waals surface area contributed by atoms with E-state index in [4.69, 9.17) is 9.40 Å². The average molecular weight is 354 g/mol. The summed E-state index contributed by atoms with van der Waals surface area (Å²) in [5.41, 5.74) is 2.10. The lowest BCUT2D eigenvalue weighted by Crippen LogP contribution is -2.52. The van der Waals surface area contributed by atoms with Crippen LogP contribution in [-0.4, -0.2) is 57.2 Å². The molecule has 26 heavy (non-hydrogen) atoms. The Balaban J connectivity index is 1.41. The molecule has 1 fully saturated rings. The van der Waals surface area contributed by atoms with Gasteiger partial charge in [0.2, 0.25) is 0 Å². The highest BCUT2D eigenvalue weighted by Gasteiger charge is 2.27. The first kappa shape index (κ1) is 17.3. The van der Waals surface area contributed by atoms with E-state index in [1.807, 2.05) is 37.3 Å². The molecule has 3 heterocycles. The molecule has 3 aromatic rings. The van der Waals surface area contributed by atoms with Crippen LogP contribution in [0.15, 0.2) is 40.8 Å². The van der Waals surface area contributed by atoms with Gasteiger partial charge in [-0.1, -0.05) is 12.1 Å². The Morgan fingerprint density at radius 3 is 2.85 bits per heavy atom. The van der Waals surface area contributed by atoms with E-state index in [2.05, 4.69) is 20.9 Å². The molecule has 0 radical (unpaired) electrons. The molecule has 0 amide bonds. The number of aliphatic hydroxyl groups excluding tert-OH is 1. The van der Waals surface area contributed by atoms with Crippen molar-refractivity contribution in [2.24, 2.45) is 0 Å². The van der Waals surface area contributed by atoms with Crippen LogP contribution in [0.1, 0.15) is 23.8 Å². The third-order valence-corrected chi connectivity index (χ3v) is 5.12. The highest BCUT2D eigenvalue weighted by molar-refractivity contribution is 5.74. The number of H-pyrrole nitrogens is 1. The Morgan fingerprint density at radius 1 is 1.19 bits per heavy atom. The topological polar surface area (TPSA) is 68.5 Å². The number of rotatable bonds is 6. The highest BCUT2D eigenvalue weighted by Crippen LogP contribution is 2.20. The molecule has 6 nitrogen and oxygen atoms in total. The quantitative estimate of drug-likeness (QED) is 0.712. The maximum absolute atomic E-state index is 9.49. The van der Waals surface area contributed by atoms with Gasteiger partial charge in [-0.15, -0.1) is 0 Å².